The van der Waals surface area contributed by atoms with Crippen LogP contribution >= 0.6 is 0 Å². The molecular formula is C12H14N2O7. The highest BCUT2D eigenvalue weighted by molar-refractivity contribution is 5.87. The number of carboxylic acid groups (broad SMARTS) is 1. The lowest BCUT2D eigenvalue weighted by molar-refractivity contribution is -0.402. The molecule has 1 fully saturated rings. The van der Waals surface area contributed by atoms with Crippen molar-refractivity contribution >= 4 is 17.8 Å². The fourth-order valence-corrected chi connectivity index (χ4v) is 2.42. The number of carboxylic acids is 1. The zero-order valence-corrected chi connectivity index (χ0v) is 11.2. The largest absolute Gasteiger partial charge is 0.481 e. The van der Waals surface area contributed by atoms with Crippen LogP contribution in [-0.4, -0.2) is 47.1 Å². The van der Waals surface area contributed by atoms with Crippen LogP contribution in [0, 0.1) is 16.0 Å². The molecule has 0 aliphatic carbocycles. The zero-order chi connectivity index (χ0) is 15.6. The van der Waals surface area contributed by atoms with Gasteiger partial charge in [-0.2, -0.15) is 0 Å². The van der Waals surface area contributed by atoms with Crippen LogP contribution in [-0.2, 0) is 14.3 Å². The smallest absolute Gasteiger partial charge is 0.433 e. The Labute approximate surface area is 119 Å². The molecule has 1 aromatic heterocycles. The molecule has 1 amide bonds. The molecular weight excluding hydrogens is 284 g/mol. The fourth-order valence-electron chi connectivity index (χ4n) is 2.42. The molecule has 114 valence electrons. The number of methoxy groups -OCH3 is 1. The summed E-state index contributed by atoms with van der Waals surface area (Å²) in [6, 6.07) is 1.61. The first-order valence-corrected chi connectivity index (χ1v) is 6.21. The molecule has 0 aromatic carbocycles. The van der Waals surface area contributed by atoms with Gasteiger partial charge in [-0.25, -0.2) is 0 Å². The molecule has 0 bridgehead atoms. The molecule has 0 saturated carbocycles. The van der Waals surface area contributed by atoms with Crippen LogP contribution in [0.25, 0.3) is 0 Å². The van der Waals surface area contributed by atoms with Gasteiger partial charge in [0.05, 0.1) is 18.6 Å². The summed E-state index contributed by atoms with van der Waals surface area (Å²) in [6.45, 7) is 0.426. The minimum atomic E-state index is -1.15. The monoisotopic (exact) mass is 298 g/mol. The van der Waals surface area contributed by atoms with E-state index in [1.54, 1.807) is 0 Å². The first-order valence-electron chi connectivity index (χ1n) is 6.21. The van der Waals surface area contributed by atoms with E-state index in [0.29, 0.717) is 0 Å². The number of nitro groups is 1. The second kappa shape index (κ2) is 5.92. The van der Waals surface area contributed by atoms with Crippen molar-refractivity contribution in [1.29, 1.82) is 0 Å². The molecule has 1 N–H and O–H groups in total. The zero-order valence-electron chi connectivity index (χ0n) is 11.2. The maximum Gasteiger partial charge on any atom is 0.433 e. The quantitative estimate of drug-likeness (QED) is 0.608. The van der Waals surface area contributed by atoms with Gasteiger partial charge in [-0.05, 0) is 6.07 Å². The van der Waals surface area contributed by atoms with Crippen molar-refractivity contribution < 1.29 is 28.8 Å². The average molecular weight is 298 g/mol. The van der Waals surface area contributed by atoms with E-state index in [-0.39, 0.29) is 31.2 Å². The lowest BCUT2D eigenvalue weighted by Gasteiger charge is -2.24. The standard InChI is InChI=1S/C12H14N2O7/c1-20-5-4-13-9(15)6-7(12(16)17)11(13)8-2-3-10(21-8)14(18)19/h2-3,7,11H,4-6H2,1H3,(H,16,17). The Kier molecular flexibility index (Phi) is 4.22. The van der Waals surface area contributed by atoms with Gasteiger partial charge in [0.1, 0.15) is 16.7 Å². The van der Waals surface area contributed by atoms with E-state index in [9.17, 15) is 24.8 Å². The molecule has 1 aromatic rings. The number of amides is 1. The number of ether oxygens (including phenoxy) is 1. The van der Waals surface area contributed by atoms with Crippen molar-refractivity contribution in [2.24, 2.45) is 5.92 Å². The minimum Gasteiger partial charge on any atom is -0.481 e. The number of aliphatic carboxylic acids is 1. The van der Waals surface area contributed by atoms with Crippen LogP contribution in [0.4, 0.5) is 5.88 Å². The molecule has 2 unspecified atom stereocenters. The van der Waals surface area contributed by atoms with Crippen LogP contribution in [0.3, 0.4) is 0 Å². The molecule has 2 rings (SSSR count). The van der Waals surface area contributed by atoms with E-state index in [0.717, 1.165) is 6.07 Å². The van der Waals surface area contributed by atoms with Crippen molar-refractivity contribution in [2.75, 3.05) is 20.3 Å². The van der Waals surface area contributed by atoms with Crippen LogP contribution in [0.2, 0.25) is 0 Å². The summed E-state index contributed by atoms with van der Waals surface area (Å²) in [5, 5.41) is 19.9. The average Bonchev–Trinajstić information content (AvgIpc) is 3.01. The Balaban J connectivity index is 2.33. The Morgan fingerprint density at radius 2 is 2.33 bits per heavy atom. The summed E-state index contributed by atoms with van der Waals surface area (Å²) in [7, 11) is 1.46. The highest BCUT2D eigenvalue weighted by Crippen LogP contribution is 2.39. The predicted octanol–water partition coefficient (Wildman–Crippen LogP) is 0.808. The Morgan fingerprint density at radius 1 is 1.62 bits per heavy atom. The number of hydrogen-bond donors (Lipinski definition) is 1. The number of nitrogens with zero attached hydrogens (tertiary/aromatic N) is 2. The van der Waals surface area contributed by atoms with Crippen molar-refractivity contribution in [1.82, 2.24) is 4.90 Å². The van der Waals surface area contributed by atoms with Crippen molar-refractivity contribution in [3.63, 3.8) is 0 Å². The maximum absolute atomic E-state index is 12.0. The van der Waals surface area contributed by atoms with Gasteiger partial charge in [0.15, 0.2) is 0 Å². The Hall–Kier alpha value is -2.42. The summed E-state index contributed by atoms with van der Waals surface area (Å²) < 4.78 is 9.97. The van der Waals surface area contributed by atoms with E-state index >= 15 is 0 Å². The summed E-state index contributed by atoms with van der Waals surface area (Å²) in [5.41, 5.74) is 0. The third kappa shape index (κ3) is 2.87. The van der Waals surface area contributed by atoms with Crippen LogP contribution < -0.4 is 0 Å². The summed E-state index contributed by atoms with van der Waals surface area (Å²) in [6.07, 6.45) is -0.168. The van der Waals surface area contributed by atoms with Crippen LogP contribution in [0.1, 0.15) is 18.2 Å². The normalized spacial score (nSPS) is 21.8. The Morgan fingerprint density at radius 3 is 2.86 bits per heavy atom. The molecule has 2 heterocycles. The van der Waals surface area contributed by atoms with Gasteiger partial charge in [0, 0.05) is 20.1 Å². The molecule has 0 spiro atoms. The molecule has 1 aliphatic rings. The van der Waals surface area contributed by atoms with Gasteiger partial charge in [0.2, 0.25) is 5.91 Å². The summed E-state index contributed by atoms with van der Waals surface area (Å²) in [5.74, 6) is -2.88. The number of rotatable bonds is 6. The number of furan rings is 1. The highest BCUT2D eigenvalue weighted by atomic mass is 16.6. The maximum atomic E-state index is 12.0. The molecule has 1 saturated heterocycles. The van der Waals surface area contributed by atoms with E-state index in [2.05, 4.69) is 0 Å². The minimum absolute atomic E-state index is 0.0936. The van der Waals surface area contributed by atoms with Crippen LogP contribution in [0.15, 0.2) is 16.5 Å². The number of carbonyl (C=O) groups is 2. The van der Waals surface area contributed by atoms with Crippen molar-refractivity contribution in [3.05, 3.63) is 28.0 Å². The van der Waals surface area contributed by atoms with E-state index < -0.39 is 28.7 Å². The van der Waals surface area contributed by atoms with E-state index in [4.69, 9.17) is 9.15 Å². The van der Waals surface area contributed by atoms with E-state index in [1.807, 2.05) is 0 Å². The second-order valence-corrected chi connectivity index (χ2v) is 4.61. The number of likely N-dealkylation sites (tertiary alicyclic amines) is 1. The van der Waals surface area contributed by atoms with Gasteiger partial charge in [-0.3, -0.25) is 19.7 Å². The molecule has 2 atom stereocenters. The third-order valence-corrected chi connectivity index (χ3v) is 3.37. The molecule has 0 radical (unpaired) electrons. The lowest BCUT2D eigenvalue weighted by atomic mass is 9.98. The highest BCUT2D eigenvalue weighted by Gasteiger charge is 2.46. The van der Waals surface area contributed by atoms with Gasteiger partial charge in [-0.1, -0.05) is 0 Å². The molecule has 21 heavy (non-hydrogen) atoms. The van der Waals surface area contributed by atoms with Gasteiger partial charge in [-0.15, -0.1) is 0 Å². The SMILES string of the molecule is COCCN1C(=O)CC(C(=O)O)C1c1ccc([N+](=O)[O-])o1. The van der Waals surface area contributed by atoms with Gasteiger partial charge >= 0.3 is 11.9 Å². The van der Waals surface area contributed by atoms with Gasteiger partial charge < -0.3 is 19.2 Å². The van der Waals surface area contributed by atoms with Crippen molar-refractivity contribution in [3.8, 4) is 0 Å². The number of hydrogen-bond acceptors (Lipinski definition) is 6. The first-order chi connectivity index (χ1) is 9.95. The molecule has 1 aliphatic heterocycles. The van der Waals surface area contributed by atoms with Crippen molar-refractivity contribution in [2.45, 2.75) is 12.5 Å². The predicted molar refractivity (Wildman–Crippen MR) is 67.4 cm³/mol. The second-order valence-electron chi connectivity index (χ2n) is 4.61. The van der Waals surface area contributed by atoms with Crippen LogP contribution in [0.5, 0.6) is 0 Å². The number of carbonyl (C=O) groups excluding carboxylic acids is 1. The van der Waals surface area contributed by atoms with Gasteiger partial charge in [0.25, 0.3) is 0 Å². The Bertz CT molecular complexity index is 568. The fraction of sp³-hybridized carbons (Fsp3) is 0.500. The topological polar surface area (TPSA) is 123 Å². The third-order valence-electron chi connectivity index (χ3n) is 3.37. The lowest BCUT2D eigenvalue weighted by Crippen LogP contribution is -2.33. The molecule has 9 nitrogen and oxygen atoms in total. The summed E-state index contributed by atoms with van der Waals surface area (Å²) >= 11 is 0. The first kappa shape index (κ1) is 15.0. The molecule has 9 heteroatoms. The van der Waals surface area contributed by atoms with E-state index in [1.165, 1.54) is 18.1 Å². The summed E-state index contributed by atoms with van der Waals surface area (Å²) in [4.78, 5) is 34.5.